The Kier molecular flexibility index (Phi) is 4.17. The van der Waals surface area contributed by atoms with Gasteiger partial charge in [0.05, 0.1) is 0 Å². The number of nitrogens with zero attached hydrogens (tertiary/aromatic N) is 1. The van der Waals surface area contributed by atoms with Crippen molar-refractivity contribution in [3.63, 3.8) is 0 Å². The standard InChI is InChI=1S/C14H20F2N2/c1-10(8-17)6-11-4-5-18(9-11)12-2-3-13(15)14(16)7-12/h2-3,7,10-11H,4-6,8-9,17H2,1H3. The van der Waals surface area contributed by atoms with Gasteiger partial charge in [0.15, 0.2) is 11.6 Å². The summed E-state index contributed by atoms with van der Waals surface area (Å²) in [7, 11) is 0. The Balaban J connectivity index is 1.97. The molecule has 1 aromatic carbocycles. The van der Waals surface area contributed by atoms with E-state index in [-0.39, 0.29) is 0 Å². The van der Waals surface area contributed by atoms with Crippen LogP contribution in [0.5, 0.6) is 0 Å². The van der Waals surface area contributed by atoms with Crippen molar-refractivity contribution in [2.45, 2.75) is 19.8 Å². The Morgan fingerprint density at radius 3 is 2.83 bits per heavy atom. The minimum absolute atomic E-state index is 0.528. The van der Waals surface area contributed by atoms with Crippen molar-refractivity contribution in [2.75, 3.05) is 24.5 Å². The van der Waals surface area contributed by atoms with Gasteiger partial charge in [-0.2, -0.15) is 0 Å². The maximum atomic E-state index is 13.2. The Morgan fingerprint density at radius 1 is 1.39 bits per heavy atom. The summed E-state index contributed by atoms with van der Waals surface area (Å²) in [5.74, 6) is -0.422. The maximum Gasteiger partial charge on any atom is 0.160 e. The van der Waals surface area contributed by atoms with Crippen LogP contribution in [-0.4, -0.2) is 19.6 Å². The van der Waals surface area contributed by atoms with Gasteiger partial charge < -0.3 is 10.6 Å². The molecule has 2 unspecified atom stereocenters. The first-order valence-electron chi connectivity index (χ1n) is 6.50. The highest BCUT2D eigenvalue weighted by Gasteiger charge is 2.24. The molecule has 1 saturated heterocycles. The van der Waals surface area contributed by atoms with E-state index < -0.39 is 11.6 Å². The van der Waals surface area contributed by atoms with Crippen LogP contribution in [0.25, 0.3) is 0 Å². The van der Waals surface area contributed by atoms with Gasteiger partial charge in [-0.3, -0.25) is 0 Å². The summed E-state index contributed by atoms with van der Waals surface area (Å²) in [6, 6.07) is 4.12. The van der Waals surface area contributed by atoms with Crippen LogP contribution in [0.2, 0.25) is 0 Å². The Morgan fingerprint density at radius 2 is 2.17 bits per heavy atom. The summed E-state index contributed by atoms with van der Waals surface area (Å²) >= 11 is 0. The van der Waals surface area contributed by atoms with Crippen molar-refractivity contribution in [3.8, 4) is 0 Å². The first-order chi connectivity index (χ1) is 8.60. The first-order valence-corrected chi connectivity index (χ1v) is 6.50. The van der Waals surface area contributed by atoms with Crippen molar-refractivity contribution in [1.82, 2.24) is 0 Å². The molecular weight excluding hydrogens is 234 g/mol. The molecule has 2 rings (SSSR count). The van der Waals surface area contributed by atoms with Gasteiger partial charge in [-0.05, 0) is 43.4 Å². The van der Waals surface area contributed by atoms with E-state index in [0.29, 0.717) is 18.4 Å². The summed E-state index contributed by atoms with van der Waals surface area (Å²) in [6.45, 7) is 4.68. The molecule has 0 amide bonds. The third-order valence-corrected chi connectivity index (χ3v) is 3.69. The van der Waals surface area contributed by atoms with Crippen LogP contribution < -0.4 is 10.6 Å². The Labute approximate surface area is 107 Å². The minimum atomic E-state index is -0.786. The summed E-state index contributed by atoms with van der Waals surface area (Å²) in [5.41, 5.74) is 6.40. The number of benzene rings is 1. The summed E-state index contributed by atoms with van der Waals surface area (Å²) < 4.78 is 26.0. The molecule has 0 spiro atoms. The van der Waals surface area contributed by atoms with Gasteiger partial charge in [0.25, 0.3) is 0 Å². The summed E-state index contributed by atoms with van der Waals surface area (Å²) in [6.07, 6.45) is 2.21. The summed E-state index contributed by atoms with van der Waals surface area (Å²) in [5, 5.41) is 0. The molecule has 1 aliphatic heterocycles. The monoisotopic (exact) mass is 254 g/mol. The van der Waals surface area contributed by atoms with Crippen LogP contribution in [0.1, 0.15) is 19.8 Å². The van der Waals surface area contributed by atoms with Crippen molar-refractivity contribution in [1.29, 1.82) is 0 Å². The number of rotatable bonds is 4. The highest BCUT2D eigenvalue weighted by Crippen LogP contribution is 2.28. The number of hydrogen-bond acceptors (Lipinski definition) is 2. The predicted molar refractivity (Wildman–Crippen MR) is 69.5 cm³/mol. The quantitative estimate of drug-likeness (QED) is 0.895. The van der Waals surface area contributed by atoms with E-state index in [2.05, 4.69) is 11.8 Å². The highest BCUT2D eigenvalue weighted by molar-refractivity contribution is 5.47. The second-order valence-electron chi connectivity index (χ2n) is 5.28. The van der Waals surface area contributed by atoms with Crippen LogP contribution in [0.15, 0.2) is 18.2 Å². The number of anilines is 1. The number of hydrogen-bond donors (Lipinski definition) is 1. The SMILES string of the molecule is CC(CN)CC1CCN(c2ccc(F)c(F)c2)C1. The minimum Gasteiger partial charge on any atom is -0.371 e. The largest absolute Gasteiger partial charge is 0.371 e. The van der Waals surface area contributed by atoms with Crippen LogP contribution >= 0.6 is 0 Å². The van der Waals surface area contributed by atoms with Gasteiger partial charge in [-0.1, -0.05) is 6.92 Å². The van der Waals surface area contributed by atoms with E-state index in [1.54, 1.807) is 6.07 Å². The van der Waals surface area contributed by atoms with Gasteiger partial charge >= 0.3 is 0 Å². The van der Waals surface area contributed by atoms with E-state index in [1.807, 2.05) is 0 Å². The molecular formula is C14H20F2N2. The molecule has 2 atom stereocenters. The molecule has 0 saturated carbocycles. The lowest BCUT2D eigenvalue weighted by Gasteiger charge is -2.20. The second-order valence-corrected chi connectivity index (χ2v) is 5.28. The fourth-order valence-corrected chi connectivity index (χ4v) is 2.61. The molecule has 1 aliphatic rings. The van der Waals surface area contributed by atoms with Gasteiger partial charge in [0, 0.05) is 24.8 Å². The van der Waals surface area contributed by atoms with E-state index in [0.717, 1.165) is 31.6 Å². The van der Waals surface area contributed by atoms with Crippen molar-refractivity contribution in [2.24, 2.45) is 17.6 Å². The zero-order valence-electron chi connectivity index (χ0n) is 10.7. The molecule has 18 heavy (non-hydrogen) atoms. The van der Waals surface area contributed by atoms with Crippen molar-refractivity contribution < 1.29 is 8.78 Å². The van der Waals surface area contributed by atoms with Crippen molar-refractivity contribution in [3.05, 3.63) is 29.8 Å². The van der Waals surface area contributed by atoms with Gasteiger partial charge in [-0.25, -0.2) is 8.78 Å². The van der Waals surface area contributed by atoms with Gasteiger partial charge in [-0.15, -0.1) is 0 Å². The fourth-order valence-electron chi connectivity index (χ4n) is 2.61. The Bertz CT molecular complexity index is 409. The molecule has 1 fully saturated rings. The normalized spacial score (nSPS) is 21.3. The van der Waals surface area contributed by atoms with Crippen LogP contribution in [-0.2, 0) is 0 Å². The third kappa shape index (κ3) is 2.99. The lowest BCUT2D eigenvalue weighted by molar-refractivity contribution is 0.423. The number of halogens is 2. The Hall–Kier alpha value is -1.16. The van der Waals surface area contributed by atoms with E-state index in [4.69, 9.17) is 5.73 Å². The molecule has 100 valence electrons. The van der Waals surface area contributed by atoms with E-state index in [1.165, 1.54) is 12.1 Å². The molecule has 2 N–H and O–H groups in total. The molecule has 4 heteroatoms. The van der Waals surface area contributed by atoms with Crippen molar-refractivity contribution >= 4 is 5.69 Å². The van der Waals surface area contributed by atoms with E-state index >= 15 is 0 Å². The lowest BCUT2D eigenvalue weighted by atomic mass is 9.95. The predicted octanol–water partition coefficient (Wildman–Crippen LogP) is 2.78. The third-order valence-electron chi connectivity index (χ3n) is 3.69. The molecule has 0 radical (unpaired) electrons. The van der Waals surface area contributed by atoms with Gasteiger partial charge in [0.1, 0.15) is 0 Å². The zero-order chi connectivity index (χ0) is 13.1. The molecule has 1 aromatic rings. The van der Waals surface area contributed by atoms with Gasteiger partial charge in [0.2, 0.25) is 0 Å². The maximum absolute atomic E-state index is 13.2. The van der Waals surface area contributed by atoms with Crippen LogP contribution in [0.3, 0.4) is 0 Å². The second kappa shape index (κ2) is 5.65. The molecule has 0 aromatic heterocycles. The average molecular weight is 254 g/mol. The fraction of sp³-hybridized carbons (Fsp3) is 0.571. The summed E-state index contributed by atoms with van der Waals surface area (Å²) in [4.78, 5) is 2.12. The lowest BCUT2D eigenvalue weighted by Crippen LogP contribution is -2.21. The smallest absolute Gasteiger partial charge is 0.160 e. The zero-order valence-corrected chi connectivity index (χ0v) is 10.7. The molecule has 1 heterocycles. The van der Waals surface area contributed by atoms with E-state index in [9.17, 15) is 8.78 Å². The number of nitrogens with two attached hydrogens (primary N) is 1. The average Bonchev–Trinajstić information content (AvgIpc) is 2.81. The van der Waals surface area contributed by atoms with Crippen LogP contribution in [0.4, 0.5) is 14.5 Å². The topological polar surface area (TPSA) is 29.3 Å². The van der Waals surface area contributed by atoms with Crippen LogP contribution in [0, 0.1) is 23.5 Å². The first kappa shape index (κ1) is 13.3. The molecule has 0 bridgehead atoms. The molecule has 0 aliphatic carbocycles. The molecule has 2 nitrogen and oxygen atoms in total. The highest BCUT2D eigenvalue weighted by atomic mass is 19.2.